The number of pyridine rings is 1. The molecule has 0 saturated carbocycles. The highest BCUT2D eigenvalue weighted by Gasteiger charge is 2.09. The van der Waals surface area contributed by atoms with Gasteiger partial charge in [0.25, 0.3) is 0 Å². The zero-order valence-corrected chi connectivity index (χ0v) is 13.8. The van der Waals surface area contributed by atoms with Crippen molar-refractivity contribution in [1.82, 2.24) is 4.98 Å². The molecule has 3 rings (SSSR count). The second-order valence-corrected chi connectivity index (χ2v) is 6.39. The quantitative estimate of drug-likeness (QED) is 0.766. The molecule has 0 fully saturated rings. The Balaban J connectivity index is 1.77. The van der Waals surface area contributed by atoms with Crippen LogP contribution in [0.25, 0.3) is 10.1 Å². The van der Waals surface area contributed by atoms with E-state index < -0.39 is 5.97 Å². The number of aromatic nitrogens is 1. The van der Waals surface area contributed by atoms with Crippen LogP contribution in [-0.2, 0) is 17.8 Å². The zero-order chi connectivity index (χ0) is 16.4. The molecule has 0 aliphatic carbocycles. The van der Waals surface area contributed by atoms with Crippen LogP contribution in [0.1, 0.15) is 22.5 Å². The summed E-state index contributed by atoms with van der Waals surface area (Å²) in [4.78, 5) is 15.3. The summed E-state index contributed by atoms with van der Waals surface area (Å²) in [5.74, 6) is -0.0337. The molecule has 0 saturated heterocycles. The van der Waals surface area contributed by atoms with Crippen LogP contribution in [0.2, 0.25) is 0 Å². The van der Waals surface area contributed by atoms with Crippen molar-refractivity contribution in [2.45, 2.75) is 26.9 Å². The number of ether oxygens (including phenoxy) is 1. The molecule has 0 aliphatic heterocycles. The van der Waals surface area contributed by atoms with Gasteiger partial charge in [0.05, 0.1) is 6.42 Å². The number of aryl methyl sites for hydroxylation is 2. The molecule has 0 spiro atoms. The molecular weight excluding hydrogens is 310 g/mol. The number of fused-ring (bicyclic) bond motifs is 1. The van der Waals surface area contributed by atoms with Gasteiger partial charge in [-0.3, -0.25) is 9.78 Å². The number of hydrogen-bond donors (Lipinski definition) is 1. The number of hydrogen-bond acceptors (Lipinski definition) is 4. The summed E-state index contributed by atoms with van der Waals surface area (Å²) in [6.45, 7) is 4.42. The van der Waals surface area contributed by atoms with Crippen LogP contribution in [-0.4, -0.2) is 16.1 Å². The third-order valence-corrected chi connectivity index (χ3v) is 4.69. The van der Waals surface area contributed by atoms with Crippen LogP contribution in [0.4, 0.5) is 0 Å². The molecule has 0 radical (unpaired) electrons. The first-order chi connectivity index (χ1) is 11.0. The van der Waals surface area contributed by atoms with E-state index >= 15 is 0 Å². The van der Waals surface area contributed by atoms with Crippen molar-refractivity contribution in [2.24, 2.45) is 0 Å². The van der Waals surface area contributed by atoms with Crippen LogP contribution >= 0.6 is 11.3 Å². The van der Waals surface area contributed by atoms with Crippen LogP contribution in [0.5, 0.6) is 5.75 Å². The van der Waals surface area contributed by atoms with Crippen molar-refractivity contribution in [3.8, 4) is 5.75 Å². The first-order valence-electron chi connectivity index (χ1n) is 7.31. The Kier molecular flexibility index (Phi) is 4.30. The second kappa shape index (κ2) is 6.38. The number of aliphatic carboxylic acids is 1. The average molecular weight is 327 g/mol. The van der Waals surface area contributed by atoms with E-state index in [-0.39, 0.29) is 6.42 Å². The molecule has 1 aromatic carbocycles. The molecule has 2 heterocycles. The molecule has 0 bridgehead atoms. The smallest absolute Gasteiger partial charge is 0.307 e. The van der Waals surface area contributed by atoms with E-state index in [1.54, 1.807) is 11.3 Å². The largest absolute Gasteiger partial charge is 0.489 e. The van der Waals surface area contributed by atoms with Gasteiger partial charge in [0, 0.05) is 21.7 Å². The van der Waals surface area contributed by atoms with Crippen molar-refractivity contribution in [3.63, 3.8) is 0 Å². The molecule has 0 atom stereocenters. The Labute approximate surface area is 138 Å². The monoisotopic (exact) mass is 327 g/mol. The van der Waals surface area contributed by atoms with Crippen LogP contribution in [0.3, 0.4) is 0 Å². The van der Waals surface area contributed by atoms with E-state index in [1.807, 2.05) is 49.6 Å². The first kappa shape index (κ1) is 15.5. The summed E-state index contributed by atoms with van der Waals surface area (Å²) in [7, 11) is 0. The Morgan fingerprint density at radius 2 is 2.04 bits per heavy atom. The van der Waals surface area contributed by atoms with Gasteiger partial charge in [0.2, 0.25) is 0 Å². The maximum atomic E-state index is 10.9. The molecule has 0 aliphatic rings. The van der Waals surface area contributed by atoms with Gasteiger partial charge in [0.1, 0.15) is 12.4 Å². The summed E-state index contributed by atoms with van der Waals surface area (Å²) in [5, 5.41) is 11.8. The normalized spacial score (nSPS) is 10.9. The van der Waals surface area contributed by atoms with Crippen molar-refractivity contribution in [3.05, 3.63) is 58.2 Å². The predicted molar refractivity (Wildman–Crippen MR) is 91.2 cm³/mol. The van der Waals surface area contributed by atoms with Crippen LogP contribution in [0, 0.1) is 13.8 Å². The van der Waals surface area contributed by atoms with Gasteiger partial charge in [0.15, 0.2) is 0 Å². The maximum Gasteiger partial charge on any atom is 0.307 e. The standard InChI is InChI=1S/C18H17NO3S/c1-11-3-4-13(12(2)19-11)9-22-15-5-6-16-14(7-18(20)21)10-23-17(16)8-15/h3-6,8,10H,7,9H2,1-2H3,(H,20,21). The van der Waals surface area contributed by atoms with E-state index in [2.05, 4.69) is 4.98 Å². The number of carbonyl (C=O) groups is 1. The summed E-state index contributed by atoms with van der Waals surface area (Å²) in [5.41, 5.74) is 3.89. The number of carboxylic acid groups (broad SMARTS) is 1. The molecule has 118 valence electrons. The number of nitrogens with zero attached hydrogens (tertiary/aromatic N) is 1. The third-order valence-electron chi connectivity index (χ3n) is 3.70. The van der Waals surface area contributed by atoms with Crippen LogP contribution in [0.15, 0.2) is 35.7 Å². The lowest BCUT2D eigenvalue weighted by atomic mass is 10.1. The van der Waals surface area contributed by atoms with Gasteiger partial charge in [-0.1, -0.05) is 6.07 Å². The molecule has 3 aromatic rings. The Morgan fingerprint density at radius 1 is 1.22 bits per heavy atom. The molecule has 0 unspecified atom stereocenters. The maximum absolute atomic E-state index is 10.9. The Hall–Kier alpha value is -2.40. The Bertz CT molecular complexity index is 870. The fourth-order valence-corrected chi connectivity index (χ4v) is 3.47. The molecule has 1 N–H and O–H groups in total. The second-order valence-electron chi connectivity index (χ2n) is 5.48. The highest BCUT2D eigenvalue weighted by molar-refractivity contribution is 7.17. The molecule has 23 heavy (non-hydrogen) atoms. The summed E-state index contributed by atoms with van der Waals surface area (Å²) in [6.07, 6.45) is 0.0500. The van der Waals surface area contributed by atoms with Gasteiger partial charge in [-0.05, 0) is 54.4 Å². The van der Waals surface area contributed by atoms with Gasteiger partial charge >= 0.3 is 5.97 Å². The lowest BCUT2D eigenvalue weighted by Gasteiger charge is -2.09. The molecule has 4 nitrogen and oxygen atoms in total. The van der Waals surface area contributed by atoms with E-state index in [0.717, 1.165) is 38.4 Å². The van der Waals surface area contributed by atoms with E-state index in [9.17, 15) is 4.79 Å². The minimum absolute atomic E-state index is 0.0500. The highest BCUT2D eigenvalue weighted by atomic mass is 32.1. The van der Waals surface area contributed by atoms with Gasteiger partial charge < -0.3 is 9.84 Å². The van der Waals surface area contributed by atoms with Gasteiger partial charge in [-0.2, -0.15) is 0 Å². The number of carboxylic acids is 1. The first-order valence-corrected chi connectivity index (χ1v) is 8.19. The molecule has 2 aromatic heterocycles. The summed E-state index contributed by atoms with van der Waals surface area (Å²) >= 11 is 1.54. The lowest BCUT2D eigenvalue weighted by molar-refractivity contribution is -0.136. The van der Waals surface area contributed by atoms with E-state index in [0.29, 0.717) is 6.61 Å². The minimum atomic E-state index is -0.813. The van der Waals surface area contributed by atoms with E-state index in [4.69, 9.17) is 9.84 Å². The highest BCUT2D eigenvalue weighted by Crippen LogP contribution is 2.30. The topological polar surface area (TPSA) is 59.4 Å². The lowest BCUT2D eigenvalue weighted by Crippen LogP contribution is -2.00. The number of rotatable bonds is 5. The van der Waals surface area contributed by atoms with Gasteiger partial charge in [-0.25, -0.2) is 0 Å². The zero-order valence-electron chi connectivity index (χ0n) is 13.0. The third kappa shape index (κ3) is 3.51. The van der Waals surface area contributed by atoms with Gasteiger partial charge in [-0.15, -0.1) is 11.3 Å². The fourth-order valence-electron chi connectivity index (χ4n) is 2.48. The van der Waals surface area contributed by atoms with Crippen molar-refractivity contribution in [2.75, 3.05) is 0 Å². The van der Waals surface area contributed by atoms with Crippen molar-refractivity contribution in [1.29, 1.82) is 0 Å². The fraction of sp³-hybridized carbons (Fsp3) is 0.222. The summed E-state index contributed by atoms with van der Waals surface area (Å²) < 4.78 is 6.90. The van der Waals surface area contributed by atoms with E-state index in [1.165, 1.54) is 0 Å². The number of benzene rings is 1. The predicted octanol–water partition coefficient (Wildman–Crippen LogP) is 4.12. The summed E-state index contributed by atoms with van der Waals surface area (Å²) in [6, 6.07) is 9.79. The molecule has 5 heteroatoms. The molecular formula is C18H17NO3S. The average Bonchev–Trinajstić information content (AvgIpc) is 2.88. The molecule has 0 amide bonds. The van der Waals surface area contributed by atoms with Crippen LogP contribution < -0.4 is 4.74 Å². The van der Waals surface area contributed by atoms with Crippen molar-refractivity contribution < 1.29 is 14.6 Å². The van der Waals surface area contributed by atoms with Crippen molar-refractivity contribution >= 4 is 27.4 Å². The minimum Gasteiger partial charge on any atom is -0.489 e. The number of thiophene rings is 1. The Morgan fingerprint density at radius 3 is 2.78 bits per heavy atom. The SMILES string of the molecule is Cc1ccc(COc2ccc3c(CC(=O)O)csc3c2)c(C)n1.